The molecule has 0 amide bonds. The van der Waals surface area contributed by atoms with E-state index in [1.807, 2.05) is 6.92 Å². The molecule has 0 bridgehead atoms. The Kier molecular flexibility index (Phi) is 6.72. The maximum absolute atomic E-state index is 15.0. The Morgan fingerprint density at radius 1 is 1.05 bits per heavy atom. The number of benzene rings is 2. The third-order valence-corrected chi connectivity index (χ3v) is 6.91. The van der Waals surface area contributed by atoms with E-state index >= 15 is 0 Å². The first kappa shape index (κ1) is 25.0. The Labute approximate surface area is 223 Å². The molecule has 0 aliphatic heterocycles. The highest BCUT2D eigenvalue weighted by atomic mass is 19.1. The number of nitrogens with zero attached hydrogens (tertiary/aromatic N) is 5. The average molecular weight is 529 g/mol. The van der Waals surface area contributed by atoms with E-state index in [1.165, 1.54) is 18.2 Å². The monoisotopic (exact) mass is 528 g/mol. The van der Waals surface area contributed by atoms with Gasteiger partial charge in [-0.1, -0.05) is 18.2 Å². The SMILES string of the molecule is CCOc1ccc(-c2nnc(C3CC(NC(O)c4ccc5cc(F)ccc5n4)C3)n2-c2ccccc2F)nc1. The zero-order valence-corrected chi connectivity index (χ0v) is 21.1. The smallest absolute Gasteiger partial charge is 0.187 e. The van der Waals surface area contributed by atoms with E-state index in [4.69, 9.17) is 4.74 Å². The van der Waals surface area contributed by atoms with Crippen LogP contribution in [0.3, 0.4) is 0 Å². The van der Waals surface area contributed by atoms with Crippen LogP contribution >= 0.6 is 0 Å². The van der Waals surface area contributed by atoms with Crippen LogP contribution in [0, 0.1) is 11.6 Å². The normalized spacial score (nSPS) is 17.6. The van der Waals surface area contributed by atoms with E-state index in [9.17, 15) is 13.9 Å². The van der Waals surface area contributed by atoms with E-state index in [-0.39, 0.29) is 17.8 Å². The van der Waals surface area contributed by atoms with Crippen molar-refractivity contribution in [3.05, 3.63) is 96.1 Å². The van der Waals surface area contributed by atoms with Crippen molar-refractivity contribution >= 4 is 10.9 Å². The van der Waals surface area contributed by atoms with Crippen LogP contribution in [0.2, 0.25) is 0 Å². The standard InChI is InChI=1S/C29H26F2N6O2/c1-2-39-21-9-12-24(32-16-21)28-36-35-27(37(28)26-6-4-3-5-22(26)31)18-14-20(15-18)33-29(38)25-10-7-17-13-19(30)8-11-23(17)34-25/h3-13,16,18,20,29,33,38H,2,14-15H2,1H3. The lowest BCUT2D eigenvalue weighted by molar-refractivity contribution is 0.0933. The number of ether oxygens (including phenoxy) is 1. The second-order valence-corrected chi connectivity index (χ2v) is 9.49. The summed E-state index contributed by atoms with van der Waals surface area (Å²) < 4.78 is 35.6. The van der Waals surface area contributed by atoms with Gasteiger partial charge in [0.15, 0.2) is 5.82 Å². The molecule has 1 aliphatic rings. The summed E-state index contributed by atoms with van der Waals surface area (Å²) in [6.45, 7) is 2.43. The summed E-state index contributed by atoms with van der Waals surface area (Å²) in [4.78, 5) is 8.93. The first-order chi connectivity index (χ1) is 19.0. The van der Waals surface area contributed by atoms with Crippen molar-refractivity contribution in [1.29, 1.82) is 0 Å². The number of pyridine rings is 2. The van der Waals surface area contributed by atoms with Gasteiger partial charge in [-0.15, -0.1) is 10.2 Å². The van der Waals surface area contributed by atoms with Gasteiger partial charge in [-0.3, -0.25) is 9.88 Å². The lowest BCUT2D eigenvalue weighted by atomic mass is 9.79. The van der Waals surface area contributed by atoms with Crippen molar-refractivity contribution < 1.29 is 18.6 Å². The molecule has 39 heavy (non-hydrogen) atoms. The number of rotatable bonds is 8. The van der Waals surface area contributed by atoms with Crippen molar-refractivity contribution in [2.24, 2.45) is 0 Å². The molecule has 10 heteroatoms. The summed E-state index contributed by atoms with van der Waals surface area (Å²) in [5.74, 6) is 0.970. The molecule has 1 fully saturated rings. The van der Waals surface area contributed by atoms with Crippen molar-refractivity contribution in [1.82, 2.24) is 30.0 Å². The van der Waals surface area contributed by atoms with Crippen LogP contribution in [0.1, 0.15) is 43.4 Å². The van der Waals surface area contributed by atoms with Gasteiger partial charge in [-0.25, -0.2) is 18.7 Å². The van der Waals surface area contributed by atoms with Crippen LogP contribution in [0.15, 0.2) is 72.9 Å². The summed E-state index contributed by atoms with van der Waals surface area (Å²) in [6, 6.07) is 17.8. The molecule has 0 spiro atoms. The maximum atomic E-state index is 15.0. The Morgan fingerprint density at radius 2 is 1.90 bits per heavy atom. The molecule has 1 aliphatic carbocycles. The molecule has 198 valence electrons. The minimum absolute atomic E-state index is 0.00599. The highest BCUT2D eigenvalue weighted by Crippen LogP contribution is 2.39. The molecule has 3 aromatic heterocycles. The number of aromatic nitrogens is 5. The topological polar surface area (TPSA) is 98.0 Å². The number of hydrogen-bond acceptors (Lipinski definition) is 7. The van der Waals surface area contributed by atoms with Gasteiger partial charge in [0.25, 0.3) is 0 Å². The molecule has 0 radical (unpaired) electrons. The number of nitrogens with one attached hydrogen (secondary N) is 1. The lowest BCUT2D eigenvalue weighted by Crippen LogP contribution is -2.43. The average Bonchev–Trinajstić information content (AvgIpc) is 3.35. The largest absolute Gasteiger partial charge is 0.492 e. The minimum Gasteiger partial charge on any atom is -0.492 e. The van der Waals surface area contributed by atoms with Crippen LogP contribution in [0.25, 0.3) is 28.1 Å². The Bertz CT molecular complexity index is 1620. The predicted octanol–water partition coefficient (Wildman–Crippen LogP) is 5.08. The molecule has 1 saturated carbocycles. The maximum Gasteiger partial charge on any atom is 0.187 e. The van der Waals surface area contributed by atoms with Gasteiger partial charge in [0.2, 0.25) is 0 Å². The van der Waals surface area contributed by atoms with Gasteiger partial charge in [-0.05, 0) is 68.3 Å². The number of halogens is 2. The Morgan fingerprint density at radius 3 is 2.67 bits per heavy atom. The van der Waals surface area contributed by atoms with Gasteiger partial charge in [-0.2, -0.15) is 0 Å². The number of para-hydroxylation sites is 1. The molecule has 1 unspecified atom stereocenters. The number of aliphatic hydroxyl groups excluding tert-OH is 1. The third kappa shape index (κ3) is 4.96. The second kappa shape index (κ2) is 10.5. The molecule has 8 nitrogen and oxygen atoms in total. The molecule has 5 aromatic rings. The highest BCUT2D eigenvalue weighted by Gasteiger charge is 2.36. The van der Waals surface area contributed by atoms with Crippen LogP contribution in [0.5, 0.6) is 5.75 Å². The summed E-state index contributed by atoms with van der Waals surface area (Å²) >= 11 is 0. The van der Waals surface area contributed by atoms with E-state index in [0.717, 1.165) is 0 Å². The van der Waals surface area contributed by atoms with Crippen LogP contribution in [-0.2, 0) is 0 Å². The molecular formula is C29H26F2N6O2. The van der Waals surface area contributed by atoms with Crippen LogP contribution in [0.4, 0.5) is 8.78 Å². The fourth-order valence-corrected chi connectivity index (χ4v) is 4.90. The van der Waals surface area contributed by atoms with E-state index in [2.05, 4.69) is 25.5 Å². The molecule has 0 saturated heterocycles. The van der Waals surface area contributed by atoms with Gasteiger partial charge in [0, 0.05) is 17.3 Å². The second-order valence-electron chi connectivity index (χ2n) is 9.49. The lowest BCUT2D eigenvalue weighted by Gasteiger charge is -2.36. The molecular weight excluding hydrogens is 502 g/mol. The summed E-state index contributed by atoms with van der Waals surface area (Å²) in [7, 11) is 0. The zero-order valence-electron chi connectivity index (χ0n) is 21.1. The number of fused-ring (bicyclic) bond motifs is 1. The van der Waals surface area contributed by atoms with E-state index < -0.39 is 12.0 Å². The molecule has 6 rings (SSSR count). The van der Waals surface area contributed by atoms with Crippen molar-refractivity contribution in [2.45, 2.75) is 38.0 Å². The predicted molar refractivity (Wildman–Crippen MR) is 141 cm³/mol. The Balaban J connectivity index is 1.22. The highest BCUT2D eigenvalue weighted by molar-refractivity contribution is 5.78. The van der Waals surface area contributed by atoms with Gasteiger partial charge >= 0.3 is 0 Å². The minimum atomic E-state index is -0.988. The zero-order chi connectivity index (χ0) is 26.9. The molecule has 2 aromatic carbocycles. The van der Waals surface area contributed by atoms with Crippen LogP contribution in [-0.4, -0.2) is 42.5 Å². The molecule has 1 atom stereocenters. The van der Waals surface area contributed by atoms with Gasteiger partial charge in [0.05, 0.1) is 29.7 Å². The quantitative estimate of drug-likeness (QED) is 0.271. The molecule has 2 N–H and O–H groups in total. The van der Waals surface area contributed by atoms with E-state index in [0.29, 0.717) is 64.8 Å². The Hall–Kier alpha value is -4.28. The van der Waals surface area contributed by atoms with Crippen molar-refractivity contribution in [3.63, 3.8) is 0 Å². The fraction of sp³-hybridized carbons (Fsp3) is 0.241. The summed E-state index contributed by atoms with van der Waals surface area (Å²) in [5, 5.41) is 23.5. The summed E-state index contributed by atoms with van der Waals surface area (Å²) in [5.41, 5.74) is 1.95. The molecule has 3 heterocycles. The van der Waals surface area contributed by atoms with Gasteiger partial charge < -0.3 is 9.84 Å². The first-order valence-corrected chi connectivity index (χ1v) is 12.8. The third-order valence-electron chi connectivity index (χ3n) is 6.91. The van der Waals surface area contributed by atoms with Gasteiger partial charge in [0.1, 0.15) is 35.1 Å². The van der Waals surface area contributed by atoms with E-state index in [1.54, 1.807) is 59.3 Å². The first-order valence-electron chi connectivity index (χ1n) is 12.8. The summed E-state index contributed by atoms with van der Waals surface area (Å²) in [6.07, 6.45) is 1.96. The number of hydrogen-bond donors (Lipinski definition) is 2. The van der Waals surface area contributed by atoms with Crippen molar-refractivity contribution in [3.8, 4) is 23.0 Å². The van der Waals surface area contributed by atoms with Crippen LogP contribution < -0.4 is 10.1 Å². The fourth-order valence-electron chi connectivity index (χ4n) is 4.90. The number of aliphatic hydroxyl groups is 1. The van der Waals surface area contributed by atoms with Crippen molar-refractivity contribution in [2.75, 3.05) is 6.61 Å².